The van der Waals surface area contributed by atoms with Gasteiger partial charge in [-0.2, -0.15) is 0 Å². The molecule has 9 nitrogen and oxygen atoms in total. The Hall–Kier alpha value is -0.636. The van der Waals surface area contributed by atoms with Gasteiger partial charge in [-0.15, -0.1) is 0 Å². The summed E-state index contributed by atoms with van der Waals surface area (Å²) < 4.78 is 44.7. The fourth-order valence-corrected chi connectivity index (χ4v) is 6.70. The summed E-state index contributed by atoms with van der Waals surface area (Å²) in [5.74, 6) is -0.422. The third kappa shape index (κ3) is 11.4. The summed E-state index contributed by atoms with van der Waals surface area (Å²) in [6, 6.07) is 0.589. The average molecular weight is 455 g/mol. The summed E-state index contributed by atoms with van der Waals surface area (Å²) in [5.41, 5.74) is 0. The fourth-order valence-electron chi connectivity index (χ4n) is 2.63. The van der Waals surface area contributed by atoms with Crippen LogP contribution in [0.5, 0.6) is 0 Å². The molecule has 0 heterocycles. The van der Waals surface area contributed by atoms with Gasteiger partial charge >= 0.3 is 23.8 Å². The summed E-state index contributed by atoms with van der Waals surface area (Å²) in [6.45, 7) is 10.8. The minimum atomic E-state index is -3.07. The molecule has 0 saturated carbocycles. The second-order valence-corrected chi connectivity index (χ2v) is 11.2. The van der Waals surface area contributed by atoms with E-state index in [-0.39, 0.29) is 6.10 Å². The maximum Gasteiger partial charge on any atom is 0.678 e. The van der Waals surface area contributed by atoms with E-state index in [1.165, 1.54) is 21.3 Å². The Morgan fingerprint density at radius 2 is 1.55 bits per heavy atom. The van der Waals surface area contributed by atoms with Crippen LogP contribution in [0.2, 0.25) is 6.04 Å². The quantitative estimate of drug-likeness (QED) is 0.126. The number of carbonyl (C=O) groups excluding carboxylic acids is 1. The van der Waals surface area contributed by atoms with Crippen LogP contribution in [0.4, 0.5) is 0 Å². The van der Waals surface area contributed by atoms with Crippen LogP contribution in [-0.4, -0.2) is 77.7 Å². The molecule has 0 rings (SSSR count). The molecule has 29 heavy (non-hydrogen) atoms. The van der Waals surface area contributed by atoms with Crippen LogP contribution in [0.25, 0.3) is 0 Å². The maximum absolute atomic E-state index is 11.1. The highest BCUT2D eigenvalue weighted by molar-refractivity contribution is 6.60. The van der Waals surface area contributed by atoms with Crippen LogP contribution in [0.1, 0.15) is 40.0 Å². The Morgan fingerprint density at radius 3 is 2.03 bits per heavy atom. The lowest BCUT2D eigenvalue weighted by Crippen LogP contribution is -2.49. The summed E-state index contributed by atoms with van der Waals surface area (Å²) in [4.78, 5) is 11.1. The van der Waals surface area contributed by atoms with Crippen molar-refractivity contribution in [2.24, 2.45) is 0 Å². The van der Waals surface area contributed by atoms with Gasteiger partial charge in [-0.1, -0.05) is 6.58 Å². The van der Waals surface area contributed by atoms with Crippen molar-refractivity contribution >= 4 is 23.8 Å². The van der Waals surface area contributed by atoms with Crippen molar-refractivity contribution in [1.82, 2.24) is 0 Å². The molecule has 0 aromatic rings. The van der Waals surface area contributed by atoms with Crippen molar-refractivity contribution in [3.8, 4) is 0 Å². The van der Waals surface area contributed by atoms with E-state index in [9.17, 15) is 4.79 Å². The van der Waals surface area contributed by atoms with Crippen molar-refractivity contribution in [3.05, 3.63) is 12.7 Å². The molecule has 0 spiro atoms. The molecule has 1 unspecified atom stereocenters. The van der Waals surface area contributed by atoms with Crippen LogP contribution in [-0.2, 0) is 40.5 Å². The lowest BCUT2D eigenvalue weighted by atomic mass is 10.2. The number of ether oxygens (including phenoxy) is 1. The van der Waals surface area contributed by atoms with Gasteiger partial charge < -0.3 is 35.7 Å². The Morgan fingerprint density at radius 1 is 0.966 bits per heavy atom. The maximum atomic E-state index is 11.1. The van der Waals surface area contributed by atoms with Gasteiger partial charge in [0.15, 0.2) is 0 Å². The molecule has 1 atom stereocenters. The van der Waals surface area contributed by atoms with Crippen molar-refractivity contribution in [2.75, 3.05) is 47.8 Å². The highest BCUT2D eigenvalue weighted by atomic mass is 28.4. The summed E-state index contributed by atoms with van der Waals surface area (Å²) in [6.07, 6.45) is 3.08. The lowest BCUT2D eigenvalue weighted by Gasteiger charge is -2.32. The molecule has 0 fully saturated rings. The molecule has 0 bridgehead atoms. The minimum absolute atomic E-state index is 0.103. The molecule has 0 aliphatic heterocycles. The van der Waals surface area contributed by atoms with Crippen LogP contribution >= 0.6 is 0 Å². The van der Waals surface area contributed by atoms with Gasteiger partial charge in [0, 0.05) is 59.4 Å². The van der Waals surface area contributed by atoms with E-state index in [1.807, 2.05) is 20.8 Å². The monoisotopic (exact) mass is 454 g/mol. The van der Waals surface area contributed by atoms with Crippen LogP contribution in [0, 0.1) is 0 Å². The summed E-state index contributed by atoms with van der Waals surface area (Å²) in [5, 5.41) is 0. The first-order chi connectivity index (χ1) is 13.9. The first kappa shape index (κ1) is 28.4. The van der Waals surface area contributed by atoms with Gasteiger partial charge in [0.25, 0.3) is 0 Å². The molecule has 172 valence electrons. The number of carbonyl (C=O) groups is 1. The predicted octanol–water partition coefficient (Wildman–Crippen LogP) is 2.69. The molecule has 0 saturated heterocycles. The normalized spacial score (nSPS) is 13.3. The highest BCUT2D eigenvalue weighted by Gasteiger charge is 2.44. The number of hydrogen-bond donors (Lipinski definition) is 0. The third-order valence-corrected chi connectivity index (χ3v) is 9.17. The van der Waals surface area contributed by atoms with Gasteiger partial charge in [-0.05, 0) is 40.0 Å². The number of rotatable bonds is 19. The summed E-state index contributed by atoms with van der Waals surface area (Å²) in [7, 11) is -1.47. The third-order valence-electron chi connectivity index (χ3n) is 3.93. The minimum Gasteiger partial charge on any atom is -0.463 e. The Kier molecular flexibility index (Phi) is 15.8. The van der Waals surface area contributed by atoms with E-state index in [0.717, 1.165) is 6.08 Å². The van der Waals surface area contributed by atoms with Gasteiger partial charge in [0.2, 0.25) is 0 Å². The Balaban J connectivity index is 4.70. The first-order valence-electron chi connectivity index (χ1n) is 9.90. The average Bonchev–Trinajstić information content (AvgIpc) is 2.72. The fraction of sp³-hybridized carbons (Fsp3) is 0.833. The Bertz CT molecular complexity index is 433. The largest absolute Gasteiger partial charge is 0.678 e. The van der Waals surface area contributed by atoms with E-state index in [4.69, 9.17) is 35.7 Å². The van der Waals surface area contributed by atoms with E-state index in [1.54, 1.807) is 0 Å². The smallest absolute Gasteiger partial charge is 0.463 e. The van der Waals surface area contributed by atoms with Gasteiger partial charge in [0.05, 0.1) is 6.61 Å². The first-order valence-corrected chi connectivity index (χ1v) is 13.5. The molecule has 11 heteroatoms. The van der Waals surface area contributed by atoms with Crippen molar-refractivity contribution in [1.29, 1.82) is 0 Å². The highest BCUT2D eigenvalue weighted by Crippen LogP contribution is 2.22. The molecular formula is C18H38O9Si2. The van der Waals surface area contributed by atoms with Crippen molar-refractivity contribution in [3.63, 3.8) is 0 Å². The lowest BCUT2D eigenvalue weighted by molar-refractivity contribution is -0.138. The molecule has 0 N–H and O–H groups in total. The zero-order chi connectivity index (χ0) is 22.2. The Labute approximate surface area is 177 Å². The standard InChI is InChI=1S/C18H38O9Si2/c1-8-18(19)23-14-11-13-17(4)27-28(24-9-2,25-10-3)16-12-15-26-29(20-5,21-6)22-7/h8,17H,1,9-16H2,2-7H3. The zero-order valence-corrected chi connectivity index (χ0v) is 20.7. The number of hydrogen-bond acceptors (Lipinski definition) is 9. The van der Waals surface area contributed by atoms with E-state index < -0.39 is 23.8 Å². The van der Waals surface area contributed by atoms with Gasteiger partial charge in [0.1, 0.15) is 0 Å². The van der Waals surface area contributed by atoms with E-state index in [2.05, 4.69) is 6.58 Å². The predicted molar refractivity (Wildman–Crippen MR) is 112 cm³/mol. The molecular weight excluding hydrogens is 416 g/mol. The van der Waals surface area contributed by atoms with E-state index in [0.29, 0.717) is 51.7 Å². The second kappa shape index (κ2) is 16.1. The molecule has 0 aliphatic carbocycles. The molecule has 0 aliphatic rings. The molecule has 0 aromatic heterocycles. The van der Waals surface area contributed by atoms with Crippen LogP contribution in [0.3, 0.4) is 0 Å². The molecule has 0 aromatic carbocycles. The zero-order valence-electron chi connectivity index (χ0n) is 18.7. The SMILES string of the molecule is C=CC(=O)OCCCC(C)O[Si](CCCO[Si](OC)(OC)OC)(OCC)OCC. The molecule has 0 amide bonds. The molecule has 0 radical (unpaired) electrons. The van der Waals surface area contributed by atoms with Crippen LogP contribution in [0.15, 0.2) is 12.7 Å². The van der Waals surface area contributed by atoms with Gasteiger partial charge in [-0.25, -0.2) is 4.79 Å². The topological polar surface area (TPSA) is 90.9 Å². The summed E-state index contributed by atoms with van der Waals surface area (Å²) >= 11 is 0. The van der Waals surface area contributed by atoms with E-state index >= 15 is 0 Å². The van der Waals surface area contributed by atoms with Crippen LogP contribution < -0.4 is 0 Å². The van der Waals surface area contributed by atoms with Crippen molar-refractivity contribution < 1.29 is 40.5 Å². The van der Waals surface area contributed by atoms with Gasteiger partial charge in [-0.3, -0.25) is 0 Å². The van der Waals surface area contributed by atoms with Crippen molar-refractivity contribution in [2.45, 2.75) is 52.2 Å². The second-order valence-electron chi connectivity index (χ2n) is 6.06. The number of esters is 1.